The Morgan fingerprint density at radius 2 is 2.20 bits per heavy atom. The van der Waals surface area contributed by atoms with Gasteiger partial charge in [-0.1, -0.05) is 17.5 Å². The third-order valence-electron chi connectivity index (χ3n) is 1.36. The SMILES string of the molecule is CCOC(=O)CC#Cc1ncc(Cl)cn1. The minimum Gasteiger partial charge on any atom is -0.465 e. The second-order valence-corrected chi connectivity index (χ2v) is 2.94. The normalized spacial score (nSPS) is 8.93. The minimum absolute atomic E-state index is 0.0415. The first-order chi connectivity index (χ1) is 7.22. The highest BCUT2D eigenvalue weighted by Crippen LogP contribution is 2.01. The standard InChI is InChI=1S/C10H9ClN2O2/c1-2-15-10(14)5-3-4-9-12-6-8(11)7-13-9/h6-7H,2,5H2,1H3. The molecule has 0 saturated carbocycles. The van der Waals surface area contributed by atoms with E-state index in [1.165, 1.54) is 12.4 Å². The van der Waals surface area contributed by atoms with Crippen molar-refractivity contribution >= 4 is 17.6 Å². The van der Waals surface area contributed by atoms with Gasteiger partial charge in [-0.15, -0.1) is 0 Å². The highest BCUT2D eigenvalue weighted by Gasteiger charge is 1.96. The highest BCUT2D eigenvalue weighted by atomic mass is 35.5. The Morgan fingerprint density at radius 1 is 1.53 bits per heavy atom. The van der Waals surface area contributed by atoms with Crippen LogP contribution < -0.4 is 0 Å². The fraction of sp³-hybridized carbons (Fsp3) is 0.300. The number of esters is 1. The van der Waals surface area contributed by atoms with Crippen molar-refractivity contribution in [1.82, 2.24) is 9.97 Å². The topological polar surface area (TPSA) is 52.1 Å². The Bertz CT molecular complexity index is 392. The summed E-state index contributed by atoms with van der Waals surface area (Å²) in [5, 5.41) is 0.450. The number of carbonyl (C=O) groups excluding carboxylic acids is 1. The molecule has 0 amide bonds. The van der Waals surface area contributed by atoms with Gasteiger partial charge in [-0.2, -0.15) is 0 Å². The lowest BCUT2D eigenvalue weighted by molar-refractivity contribution is -0.141. The van der Waals surface area contributed by atoms with Crippen LogP contribution in [0.5, 0.6) is 0 Å². The van der Waals surface area contributed by atoms with E-state index in [4.69, 9.17) is 16.3 Å². The van der Waals surface area contributed by atoms with Crippen molar-refractivity contribution in [3.05, 3.63) is 23.2 Å². The number of aromatic nitrogens is 2. The molecule has 0 N–H and O–H groups in total. The van der Waals surface area contributed by atoms with Gasteiger partial charge in [0.1, 0.15) is 6.42 Å². The number of rotatable bonds is 2. The molecule has 1 aromatic rings. The summed E-state index contributed by atoms with van der Waals surface area (Å²) in [6, 6.07) is 0. The molecule has 5 heteroatoms. The summed E-state index contributed by atoms with van der Waals surface area (Å²) in [7, 11) is 0. The van der Waals surface area contributed by atoms with Gasteiger partial charge in [0.05, 0.1) is 24.0 Å². The molecule has 1 heterocycles. The van der Waals surface area contributed by atoms with Gasteiger partial charge in [0, 0.05) is 0 Å². The van der Waals surface area contributed by atoms with Crippen LogP contribution in [0.3, 0.4) is 0 Å². The van der Waals surface area contributed by atoms with Crippen molar-refractivity contribution in [2.24, 2.45) is 0 Å². The molecule has 0 aliphatic rings. The van der Waals surface area contributed by atoms with Crippen molar-refractivity contribution in [2.45, 2.75) is 13.3 Å². The summed E-state index contributed by atoms with van der Waals surface area (Å²) < 4.78 is 4.70. The second-order valence-electron chi connectivity index (χ2n) is 2.51. The Hall–Kier alpha value is -1.60. The Kier molecular flexibility index (Phi) is 4.58. The average Bonchev–Trinajstić information content (AvgIpc) is 2.21. The Balaban J connectivity index is 2.51. The van der Waals surface area contributed by atoms with Crippen molar-refractivity contribution in [3.63, 3.8) is 0 Å². The van der Waals surface area contributed by atoms with Crippen LogP contribution in [0, 0.1) is 11.8 Å². The molecular weight excluding hydrogens is 216 g/mol. The molecule has 1 rings (SSSR count). The molecular formula is C10H9ClN2O2. The van der Waals surface area contributed by atoms with Crippen LogP contribution in [0.25, 0.3) is 0 Å². The van der Waals surface area contributed by atoms with Gasteiger partial charge < -0.3 is 4.74 Å². The fourth-order valence-corrected chi connectivity index (χ4v) is 0.882. The quantitative estimate of drug-likeness (QED) is 0.563. The smallest absolute Gasteiger partial charge is 0.317 e. The molecule has 0 atom stereocenters. The predicted octanol–water partition coefficient (Wildman–Crippen LogP) is 1.43. The molecule has 0 aliphatic heterocycles. The Labute approximate surface area is 92.6 Å². The lowest BCUT2D eigenvalue weighted by Gasteiger charge is -1.94. The van der Waals surface area contributed by atoms with Crippen LogP contribution in [-0.4, -0.2) is 22.5 Å². The number of hydrogen-bond donors (Lipinski definition) is 0. The first-order valence-electron chi connectivity index (χ1n) is 4.34. The van der Waals surface area contributed by atoms with E-state index in [-0.39, 0.29) is 12.4 Å². The molecule has 0 spiro atoms. The summed E-state index contributed by atoms with van der Waals surface area (Å²) in [4.78, 5) is 18.6. The van der Waals surface area contributed by atoms with Gasteiger partial charge in [-0.25, -0.2) is 9.97 Å². The lowest BCUT2D eigenvalue weighted by Crippen LogP contribution is -2.01. The number of ether oxygens (including phenoxy) is 1. The van der Waals surface area contributed by atoms with Gasteiger partial charge in [-0.05, 0) is 12.8 Å². The summed E-state index contributed by atoms with van der Waals surface area (Å²) in [6.45, 7) is 2.10. The van der Waals surface area contributed by atoms with E-state index in [9.17, 15) is 4.79 Å². The zero-order valence-electron chi connectivity index (χ0n) is 8.16. The molecule has 4 nitrogen and oxygen atoms in total. The number of nitrogens with zero attached hydrogens (tertiary/aromatic N) is 2. The summed E-state index contributed by atoms with van der Waals surface area (Å²) in [5.41, 5.74) is 0. The number of carbonyl (C=O) groups is 1. The van der Waals surface area contributed by atoms with E-state index in [1.807, 2.05) is 0 Å². The van der Waals surface area contributed by atoms with E-state index in [1.54, 1.807) is 6.92 Å². The van der Waals surface area contributed by atoms with E-state index in [0.717, 1.165) is 0 Å². The van der Waals surface area contributed by atoms with Gasteiger partial charge in [0.25, 0.3) is 0 Å². The minimum atomic E-state index is -0.348. The molecule has 0 saturated heterocycles. The highest BCUT2D eigenvalue weighted by molar-refractivity contribution is 6.30. The molecule has 0 unspecified atom stereocenters. The van der Waals surface area contributed by atoms with Crippen molar-refractivity contribution in [1.29, 1.82) is 0 Å². The monoisotopic (exact) mass is 224 g/mol. The molecule has 0 fully saturated rings. The van der Waals surface area contributed by atoms with Crippen LogP contribution in [0.15, 0.2) is 12.4 Å². The molecule has 1 aromatic heterocycles. The van der Waals surface area contributed by atoms with Gasteiger partial charge in [0.15, 0.2) is 0 Å². The molecule has 0 bridgehead atoms. The molecule has 0 aliphatic carbocycles. The third-order valence-corrected chi connectivity index (χ3v) is 1.55. The number of halogens is 1. The molecule has 78 valence electrons. The first kappa shape index (κ1) is 11.5. The van der Waals surface area contributed by atoms with E-state index in [0.29, 0.717) is 17.5 Å². The first-order valence-corrected chi connectivity index (χ1v) is 4.72. The zero-order valence-corrected chi connectivity index (χ0v) is 8.91. The van der Waals surface area contributed by atoms with Crippen molar-refractivity contribution in [2.75, 3.05) is 6.61 Å². The fourth-order valence-electron chi connectivity index (χ4n) is 0.784. The van der Waals surface area contributed by atoms with Crippen LogP contribution in [0.2, 0.25) is 5.02 Å². The van der Waals surface area contributed by atoms with Crippen LogP contribution >= 0.6 is 11.6 Å². The van der Waals surface area contributed by atoms with E-state index >= 15 is 0 Å². The largest absolute Gasteiger partial charge is 0.465 e. The van der Waals surface area contributed by atoms with Crippen LogP contribution in [-0.2, 0) is 9.53 Å². The molecule has 15 heavy (non-hydrogen) atoms. The van der Waals surface area contributed by atoms with Gasteiger partial charge in [-0.3, -0.25) is 4.79 Å². The van der Waals surface area contributed by atoms with Crippen LogP contribution in [0.4, 0.5) is 0 Å². The average molecular weight is 225 g/mol. The summed E-state index contributed by atoms with van der Waals surface area (Å²) in [5.74, 6) is 5.23. The predicted molar refractivity (Wildman–Crippen MR) is 55.2 cm³/mol. The maximum Gasteiger partial charge on any atom is 0.317 e. The second kappa shape index (κ2) is 5.99. The van der Waals surface area contributed by atoms with Crippen LogP contribution in [0.1, 0.15) is 19.2 Å². The zero-order chi connectivity index (χ0) is 11.1. The maximum absolute atomic E-state index is 10.9. The van der Waals surface area contributed by atoms with E-state index < -0.39 is 0 Å². The van der Waals surface area contributed by atoms with Crippen molar-refractivity contribution < 1.29 is 9.53 Å². The summed E-state index contributed by atoms with van der Waals surface area (Å²) in [6.07, 6.45) is 2.94. The molecule has 0 radical (unpaired) electrons. The Morgan fingerprint density at radius 3 is 2.80 bits per heavy atom. The molecule has 0 aromatic carbocycles. The van der Waals surface area contributed by atoms with Crippen molar-refractivity contribution in [3.8, 4) is 11.8 Å². The maximum atomic E-state index is 10.9. The number of hydrogen-bond acceptors (Lipinski definition) is 4. The lowest BCUT2D eigenvalue weighted by atomic mass is 10.4. The third kappa shape index (κ3) is 4.43. The van der Waals surface area contributed by atoms with Gasteiger partial charge >= 0.3 is 5.97 Å². The summed E-state index contributed by atoms with van der Waals surface area (Å²) >= 11 is 5.59. The van der Waals surface area contributed by atoms with Gasteiger partial charge in [0.2, 0.25) is 5.82 Å². The van der Waals surface area contributed by atoms with E-state index in [2.05, 4.69) is 21.8 Å².